The second kappa shape index (κ2) is 7.49. The normalized spacial score (nSPS) is 11.8. The van der Waals surface area contributed by atoms with Gasteiger partial charge in [-0.3, -0.25) is 0 Å². The van der Waals surface area contributed by atoms with Crippen LogP contribution in [0.1, 0.15) is 17.2 Å². The summed E-state index contributed by atoms with van der Waals surface area (Å²) in [5.74, 6) is 0. The van der Waals surface area contributed by atoms with E-state index in [0.29, 0.717) is 15.7 Å². The lowest BCUT2D eigenvalue weighted by molar-refractivity contribution is 0.175. The summed E-state index contributed by atoms with van der Waals surface area (Å²) in [6.07, 6.45) is -0.771. The maximum atomic E-state index is 11.8. The van der Waals surface area contributed by atoms with Crippen LogP contribution in [0.25, 0.3) is 0 Å². The topological polar surface area (TPSA) is 61.4 Å². The maximum Gasteiger partial charge on any atom is 0.319 e. The van der Waals surface area contributed by atoms with Crippen LogP contribution in [0, 0.1) is 6.92 Å². The molecule has 0 aliphatic heterocycles. The molecule has 0 spiro atoms. The number of hydrogen-bond acceptors (Lipinski definition) is 2. The van der Waals surface area contributed by atoms with Crippen molar-refractivity contribution in [3.8, 4) is 0 Å². The van der Waals surface area contributed by atoms with E-state index in [2.05, 4.69) is 10.6 Å². The molecule has 116 valence electrons. The molecule has 2 amide bonds. The molecule has 2 aromatic rings. The number of hydrogen-bond donors (Lipinski definition) is 3. The number of benzene rings is 2. The van der Waals surface area contributed by atoms with Crippen LogP contribution < -0.4 is 10.6 Å². The third-order valence-electron chi connectivity index (χ3n) is 3.10. The monoisotopic (exact) mass is 338 g/mol. The minimum absolute atomic E-state index is 0.0973. The van der Waals surface area contributed by atoms with Gasteiger partial charge in [-0.05, 0) is 30.7 Å². The van der Waals surface area contributed by atoms with Gasteiger partial charge in [-0.15, -0.1) is 0 Å². The smallest absolute Gasteiger partial charge is 0.319 e. The van der Waals surface area contributed by atoms with Crippen molar-refractivity contribution >= 4 is 34.9 Å². The first-order valence-electron chi connectivity index (χ1n) is 6.70. The van der Waals surface area contributed by atoms with E-state index >= 15 is 0 Å². The van der Waals surface area contributed by atoms with Crippen LogP contribution in [-0.2, 0) is 0 Å². The zero-order valence-electron chi connectivity index (χ0n) is 11.9. The average molecular weight is 339 g/mol. The summed E-state index contributed by atoms with van der Waals surface area (Å²) in [7, 11) is 0. The number of carbonyl (C=O) groups excluding carboxylic acids is 1. The highest BCUT2D eigenvalue weighted by molar-refractivity contribution is 6.36. The van der Waals surface area contributed by atoms with Gasteiger partial charge in [0.1, 0.15) is 0 Å². The molecule has 0 aliphatic rings. The second-order valence-corrected chi connectivity index (χ2v) is 5.73. The zero-order valence-corrected chi connectivity index (χ0v) is 13.4. The molecule has 0 aromatic heterocycles. The Hall–Kier alpha value is -1.75. The fraction of sp³-hybridized carbons (Fsp3) is 0.188. The van der Waals surface area contributed by atoms with Crippen molar-refractivity contribution in [2.75, 3.05) is 11.9 Å². The number of aliphatic hydroxyl groups is 1. The number of aliphatic hydroxyl groups excluding tert-OH is 1. The molecule has 22 heavy (non-hydrogen) atoms. The number of carbonyl (C=O) groups is 1. The Kier molecular flexibility index (Phi) is 5.66. The molecule has 1 unspecified atom stereocenters. The summed E-state index contributed by atoms with van der Waals surface area (Å²) in [5, 5.41) is 16.1. The third kappa shape index (κ3) is 4.63. The van der Waals surface area contributed by atoms with Gasteiger partial charge in [-0.25, -0.2) is 4.79 Å². The summed E-state index contributed by atoms with van der Waals surface area (Å²) in [5.41, 5.74) is 2.31. The highest BCUT2D eigenvalue weighted by Crippen LogP contribution is 2.25. The van der Waals surface area contributed by atoms with Crippen LogP contribution in [0.15, 0.2) is 42.5 Å². The van der Waals surface area contributed by atoms with Gasteiger partial charge in [0, 0.05) is 11.6 Å². The number of rotatable bonds is 4. The van der Waals surface area contributed by atoms with Crippen LogP contribution in [0.4, 0.5) is 10.5 Å². The Balaban J connectivity index is 1.88. The highest BCUT2D eigenvalue weighted by atomic mass is 35.5. The first kappa shape index (κ1) is 16.6. The molecule has 0 saturated heterocycles. The molecule has 0 bridgehead atoms. The highest BCUT2D eigenvalue weighted by Gasteiger charge is 2.10. The van der Waals surface area contributed by atoms with Crippen molar-refractivity contribution in [2.24, 2.45) is 0 Å². The summed E-state index contributed by atoms with van der Waals surface area (Å²) >= 11 is 11.8. The molecule has 0 aliphatic carbocycles. The first-order valence-corrected chi connectivity index (χ1v) is 7.46. The van der Waals surface area contributed by atoms with Gasteiger partial charge >= 0.3 is 6.03 Å². The molecule has 0 heterocycles. The summed E-state index contributed by atoms with van der Waals surface area (Å²) in [4.78, 5) is 11.8. The van der Waals surface area contributed by atoms with E-state index in [1.807, 2.05) is 31.2 Å². The van der Waals surface area contributed by atoms with Crippen molar-refractivity contribution in [1.82, 2.24) is 5.32 Å². The van der Waals surface area contributed by atoms with Crippen molar-refractivity contribution in [3.05, 3.63) is 63.6 Å². The third-order valence-corrected chi connectivity index (χ3v) is 3.65. The minimum atomic E-state index is -0.771. The molecule has 2 rings (SSSR count). The van der Waals surface area contributed by atoms with Crippen LogP contribution in [0.3, 0.4) is 0 Å². The Morgan fingerprint density at radius 3 is 2.50 bits per heavy atom. The lowest BCUT2D eigenvalue weighted by atomic mass is 10.1. The lowest BCUT2D eigenvalue weighted by Gasteiger charge is -2.13. The zero-order chi connectivity index (χ0) is 16.1. The molecule has 6 heteroatoms. The number of urea groups is 1. The van der Waals surface area contributed by atoms with Gasteiger partial charge in [0.2, 0.25) is 0 Å². The van der Waals surface area contributed by atoms with Gasteiger partial charge in [0.15, 0.2) is 0 Å². The number of halogens is 2. The minimum Gasteiger partial charge on any atom is -0.387 e. The van der Waals surface area contributed by atoms with Crippen molar-refractivity contribution < 1.29 is 9.90 Å². The molecule has 2 aromatic carbocycles. The van der Waals surface area contributed by atoms with Crippen LogP contribution in [0.2, 0.25) is 10.0 Å². The quantitative estimate of drug-likeness (QED) is 0.783. The standard InChI is InChI=1S/C16H16Cl2N2O2/c1-10-2-4-11(5-3-10)15(21)9-19-16(22)20-14-7-6-12(17)8-13(14)18/h2-8,15,21H,9H2,1H3,(H2,19,20,22). The first-order chi connectivity index (χ1) is 10.5. The number of amides is 2. The van der Waals surface area contributed by atoms with E-state index in [1.165, 1.54) is 0 Å². The molecule has 4 nitrogen and oxygen atoms in total. The molecular weight excluding hydrogens is 323 g/mol. The van der Waals surface area contributed by atoms with Gasteiger partial charge in [0.05, 0.1) is 16.8 Å². The fourth-order valence-corrected chi connectivity index (χ4v) is 2.31. The predicted octanol–water partition coefficient (Wildman–Crippen LogP) is 4.16. The van der Waals surface area contributed by atoms with E-state index < -0.39 is 12.1 Å². The number of aryl methyl sites for hydroxylation is 1. The van der Waals surface area contributed by atoms with E-state index in [-0.39, 0.29) is 6.54 Å². The fourth-order valence-electron chi connectivity index (χ4n) is 1.85. The van der Waals surface area contributed by atoms with E-state index in [4.69, 9.17) is 23.2 Å². The molecule has 3 N–H and O–H groups in total. The van der Waals surface area contributed by atoms with Gasteiger partial charge in [-0.1, -0.05) is 53.0 Å². The number of anilines is 1. The molecule has 0 fully saturated rings. The second-order valence-electron chi connectivity index (χ2n) is 4.89. The predicted molar refractivity (Wildman–Crippen MR) is 89.6 cm³/mol. The van der Waals surface area contributed by atoms with E-state index in [9.17, 15) is 9.90 Å². The Morgan fingerprint density at radius 1 is 1.18 bits per heavy atom. The maximum absolute atomic E-state index is 11.8. The SMILES string of the molecule is Cc1ccc(C(O)CNC(=O)Nc2ccc(Cl)cc2Cl)cc1. The van der Waals surface area contributed by atoms with E-state index in [0.717, 1.165) is 11.1 Å². The summed E-state index contributed by atoms with van der Waals surface area (Å²) < 4.78 is 0. The van der Waals surface area contributed by atoms with E-state index in [1.54, 1.807) is 18.2 Å². The largest absolute Gasteiger partial charge is 0.387 e. The Morgan fingerprint density at radius 2 is 1.86 bits per heavy atom. The van der Waals surface area contributed by atoms with Crippen LogP contribution in [0.5, 0.6) is 0 Å². The number of nitrogens with one attached hydrogen (secondary N) is 2. The summed E-state index contributed by atoms with van der Waals surface area (Å²) in [6.45, 7) is 2.07. The Labute approximate surface area is 139 Å². The molecule has 0 radical (unpaired) electrons. The molecule has 1 atom stereocenters. The van der Waals surface area contributed by atoms with Gasteiger partial charge in [-0.2, -0.15) is 0 Å². The lowest BCUT2D eigenvalue weighted by Crippen LogP contribution is -2.32. The molecule has 0 saturated carbocycles. The Bertz CT molecular complexity index is 660. The van der Waals surface area contributed by atoms with Gasteiger partial charge < -0.3 is 15.7 Å². The summed E-state index contributed by atoms with van der Waals surface area (Å²) in [6, 6.07) is 11.8. The van der Waals surface area contributed by atoms with Crippen LogP contribution in [-0.4, -0.2) is 17.7 Å². The van der Waals surface area contributed by atoms with Crippen LogP contribution >= 0.6 is 23.2 Å². The van der Waals surface area contributed by atoms with Gasteiger partial charge in [0.25, 0.3) is 0 Å². The average Bonchev–Trinajstić information content (AvgIpc) is 2.48. The molecular formula is C16H16Cl2N2O2. The van der Waals surface area contributed by atoms with Crippen molar-refractivity contribution in [2.45, 2.75) is 13.0 Å². The van der Waals surface area contributed by atoms with Crippen molar-refractivity contribution in [1.29, 1.82) is 0 Å². The van der Waals surface area contributed by atoms with Crippen molar-refractivity contribution in [3.63, 3.8) is 0 Å².